The summed E-state index contributed by atoms with van der Waals surface area (Å²) < 4.78 is 0. The number of amides is 1. The van der Waals surface area contributed by atoms with E-state index in [-0.39, 0.29) is 12.0 Å². The van der Waals surface area contributed by atoms with Gasteiger partial charge in [0.1, 0.15) is 0 Å². The van der Waals surface area contributed by atoms with Crippen LogP contribution in [-0.4, -0.2) is 35.1 Å². The van der Waals surface area contributed by atoms with Gasteiger partial charge in [-0.05, 0) is 31.0 Å². The standard InChI is InChI=1S/C12H13Cl2NO2/c13-9-5-8(6-10(14)7-9)12(17)15-3-1-11(16)2-4-15/h5-7,11,16H,1-4H2. The van der Waals surface area contributed by atoms with Crippen LogP contribution in [0.1, 0.15) is 23.2 Å². The molecule has 92 valence electrons. The molecule has 0 spiro atoms. The lowest BCUT2D eigenvalue weighted by atomic mass is 10.1. The second-order valence-electron chi connectivity index (χ2n) is 4.18. The van der Waals surface area contributed by atoms with Gasteiger partial charge in [-0.15, -0.1) is 0 Å². The normalized spacial score (nSPS) is 17.2. The summed E-state index contributed by atoms with van der Waals surface area (Å²) in [5, 5.41) is 10.3. The van der Waals surface area contributed by atoms with Gasteiger partial charge < -0.3 is 10.0 Å². The van der Waals surface area contributed by atoms with Crippen LogP contribution in [0.2, 0.25) is 10.0 Å². The van der Waals surface area contributed by atoms with E-state index in [2.05, 4.69) is 0 Å². The number of benzene rings is 1. The largest absolute Gasteiger partial charge is 0.393 e. The fourth-order valence-corrected chi connectivity index (χ4v) is 2.45. The second-order valence-corrected chi connectivity index (χ2v) is 5.05. The molecule has 1 fully saturated rings. The van der Waals surface area contributed by atoms with Gasteiger partial charge in [-0.1, -0.05) is 23.2 Å². The van der Waals surface area contributed by atoms with Gasteiger partial charge in [-0.25, -0.2) is 0 Å². The maximum Gasteiger partial charge on any atom is 0.253 e. The minimum atomic E-state index is -0.290. The summed E-state index contributed by atoms with van der Waals surface area (Å²) in [4.78, 5) is 13.9. The van der Waals surface area contributed by atoms with Crippen LogP contribution < -0.4 is 0 Å². The van der Waals surface area contributed by atoms with Crippen molar-refractivity contribution in [3.8, 4) is 0 Å². The molecule has 0 unspecified atom stereocenters. The highest BCUT2D eigenvalue weighted by atomic mass is 35.5. The summed E-state index contributed by atoms with van der Waals surface area (Å²) in [6.07, 6.45) is 0.960. The number of carbonyl (C=O) groups is 1. The smallest absolute Gasteiger partial charge is 0.253 e. The number of aliphatic hydroxyl groups excluding tert-OH is 1. The molecule has 0 radical (unpaired) electrons. The first-order valence-corrected chi connectivity index (χ1v) is 6.25. The average molecular weight is 274 g/mol. The predicted octanol–water partition coefficient (Wildman–Crippen LogP) is 2.59. The van der Waals surface area contributed by atoms with E-state index in [1.807, 2.05) is 0 Å². The van der Waals surface area contributed by atoms with Gasteiger partial charge in [0.25, 0.3) is 5.91 Å². The Labute approximate surface area is 110 Å². The van der Waals surface area contributed by atoms with Crippen molar-refractivity contribution in [2.24, 2.45) is 0 Å². The minimum Gasteiger partial charge on any atom is -0.393 e. The fourth-order valence-electron chi connectivity index (χ4n) is 1.93. The maximum atomic E-state index is 12.1. The zero-order valence-corrected chi connectivity index (χ0v) is 10.7. The van der Waals surface area contributed by atoms with Crippen molar-refractivity contribution in [1.82, 2.24) is 4.90 Å². The first-order chi connectivity index (χ1) is 8.06. The van der Waals surface area contributed by atoms with Gasteiger partial charge in [0.05, 0.1) is 6.10 Å². The van der Waals surface area contributed by atoms with E-state index in [0.29, 0.717) is 41.5 Å². The van der Waals surface area contributed by atoms with E-state index in [1.165, 1.54) is 0 Å². The minimum absolute atomic E-state index is 0.0821. The van der Waals surface area contributed by atoms with Crippen molar-refractivity contribution in [3.63, 3.8) is 0 Å². The number of likely N-dealkylation sites (tertiary alicyclic amines) is 1. The van der Waals surface area contributed by atoms with E-state index >= 15 is 0 Å². The zero-order valence-electron chi connectivity index (χ0n) is 9.20. The molecule has 0 atom stereocenters. The number of piperidine rings is 1. The summed E-state index contributed by atoms with van der Waals surface area (Å²) >= 11 is 11.7. The van der Waals surface area contributed by atoms with Gasteiger partial charge >= 0.3 is 0 Å². The number of hydrogen-bond donors (Lipinski definition) is 1. The Morgan fingerprint density at radius 1 is 1.18 bits per heavy atom. The Hall–Kier alpha value is -0.770. The van der Waals surface area contributed by atoms with Gasteiger partial charge in [-0.3, -0.25) is 4.79 Å². The molecule has 0 aliphatic carbocycles. The fraction of sp³-hybridized carbons (Fsp3) is 0.417. The average Bonchev–Trinajstić information content (AvgIpc) is 2.28. The highest BCUT2D eigenvalue weighted by Crippen LogP contribution is 2.21. The van der Waals surface area contributed by atoms with Crippen molar-refractivity contribution in [2.45, 2.75) is 18.9 Å². The number of hydrogen-bond acceptors (Lipinski definition) is 2. The number of rotatable bonds is 1. The topological polar surface area (TPSA) is 40.5 Å². The van der Waals surface area contributed by atoms with Gasteiger partial charge in [-0.2, -0.15) is 0 Å². The summed E-state index contributed by atoms with van der Waals surface area (Å²) in [7, 11) is 0. The molecule has 0 saturated carbocycles. The molecule has 1 heterocycles. The molecule has 3 nitrogen and oxygen atoms in total. The van der Waals surface area contributed by atoms with Gasteiger partial charge in [0.15, 0.2) is 0 Å². The van der Waals surface area contributed by atoms with Crippen LogP contribution in [-0.2, 0) is 0 Å². The highest BCUT2D eigenvalue weighted by Gasteiger charge is 2.22. The molecule has 1 N–H and O–H groups in total. The van der Waals surface area contributed by atoms with E-state index < -0.39 is 0 Å². The first-order valence-electron chi connectivity index (χ1n) is 5.49. The Morgan fingerprint density at radius 3 is 2.24 bits per heavy atom. The van der Waals surface area contributed by atoms with E-state index in [0.717, 1.165) is 0 Å². The molecule has 0 aromatic heterocycles. The summed E-state index contributed by atoms with van der Waals surface area (Å²) in [5.41, 5.74) is 0.499. The highest BCUT2D eigenvalue weighted by molar-refractivity contribution is 6.35. The molecule has 0 bridgehead atoms. The molecule has 1 aliphatic rings. The molecule has 5 heteroatoms. The summed E-state index contributed by atoms with van der Waals surface area (Å²) in [6.45, 7) is 1.15. The van der Waals surface area contributed by atoms with Crippen LogP contribution in [0.5, 0.6) is 0 Å². The molecule has 2 rings (SSSR count). The molecule has 1 amide bonds. The van der Waals surface area contributed by atoms with Crippen molar-refractivity contribution in [2.75, 3.05) is 13.1 Å². The molecule has 1 saturated heterocycles. The third-order valence-corrected chi connectivity index (χ3v) is 3.30. The Morgan fingerprint density at radius 2 is 1.71 bits per heavy atom. The third-order valence-electron chi connectivity index (χ3n) is 2.86. The van der Waals surface area contributed by atoms with Crippen molar-refractivity contribution in [3.05, 3.63) is 33.8 Å². The van der Waals surface area contributed by atoms with Crippen LogP contribution in [0, 0.1) is 0 Å². The number of aliphatic hydroxyl groups is 1. The van der Waals surface area contributed by atoms with E-state index in [1.54, 1.807) is 23.1 Å². The number of carbonyl (C=O) groups excluding carboxylic acids is 1. The van der Waals surface area contributed by atoms with Gasteiger partial charge in [0.2, 0.25) is 0 Å². The molecule has 1 aromatic carbocycles. The van der Waals surface area contributed by atoms with E-state index in [9.17, 15) is 9.90 Å². The van der Waals surface area contributed by atoms with Crippen LogP contribution in [0.4, 0.5) is 0 Å². The lowest BCUT2D eigenvalue weighted by Gasteiger charge is -2.29. The van der Waals surface area contributed by atoms with Crippen molar-refractivity contribution >= 4 is 29.1 Å². The quantitative estimate of drug-likeness (QED) is 0.855. The van der Waals surface area contributed by atoms with Crippen molar-refractivity contribution in [1.29, 1.82) is 0 Å². The predicted molar refractivity (Wildman–Crippen MR) is 67.6 cm³/mol. The molecule has 17 heavy (non-hydrogen) atoms. The lowest BCUT2D eigenvalue weighted by Crippen LogP contribution is -2.40. The maximum absolute atomic E-state index is 12.1. The van der Waals surface area contributed by atoms with Crippen LogP contribution in [0.15, 0.2) is 18.2 Å². The summed E-state index contributed by atoms with van der Waals surface area (Å²) in [6, 6.07) is 4.82. The number of nitrogens with zero attached hydrogens (tertiary/aromatic N) is 1. The molecule has 1 aliphatic heterocycles. The lowest BCUT2D eigenvalue weighted by molar-refractivity contribution is 0.0546. The first kappa shape index (κ1) is 12.7. The Bertz CT molecular complexity index is 408. The second kappa shape index (κ2) is 5.25. The van der Waals surface area contributed by atoms with Crippen LogP contribution in [0.25, 0.3) is 0 Å². The number of halogens is 2. The zero-order chi connectivity index (χ0) is 12.4. The van der Waals surface area contributed by atoms with E-state index in [4.69, 9.17) is 23.2 Å². The Kier molecular flexibility index (Phi) is 3.92. The third kappa shape index (κ3) is 3.12. The monoisotopic (exact) mass is 273 g/mol. The SMILES string of the molecule is O=C(c1cc(Cl)cc(Cl)c1)N1CCC(O)CC1. The van der Waals surface area contributed by atoms with Gasteiger partial charge in [0, 0.05) is 28.7 Å². The summed E-state index contributed by atoms with van der Waals surface area (Å²) in [5.74, 6) is -0.0821. The Balaban J connectivity index is 2.14. The van der Waals surface area contributed by atoms with Crippen LogP contribution in [0.3, 0.4) is 0 Å². The molecule has 1 aromatic rings. The molecular formula is C12H13Cl2NO2. The van der Waals surface area contributed by atoms with Crippen LogP contribution >= 0.6 is 23.2 Å². The molecular weight excluding hydrogens is 261 g/mol. The van der Waals surface area contributed by atoms with Crippen molar-refractivity contribution < 1.29 is 9.90 Å².